The van der Waals surface area contributed by atoms with Crippen LogP contribution < -0.4 is 14.5 Å². The maximum atomic E-state index is 14.1. The Morgan fingerprint density at radius 3 is 1.35 bits per heavy atom. The first-order chi connectivity index (χ1) is 27.7. The molecule has 9 aromatic carbocycles. The van der Waals surface area contributed by atoms with E-state index in [9.17, 15) is 22.9 Å². The molecule has 0 aromatic heterocycles. The summed E-state index contributed by atoms with van der Waals surface area (Å²) in [4.78, 5) is 18.0. The SMILES string of the molecule is COc1cc(O)c(C(=O)c2cc3ccc4c(N(c5ccccc5)c5ccccc5)cc(N(c5ccccc5)c5ccccc5)c5ccc(c2)c3c45)cc1S(=O)(=O)O. The number of ether oxygens (including phenoxy) is 1. The average molecular weight is 767 g/mol. The third-order valence-corrected chi connectivity index (χ3v) is 11.2. The van der Waals surface area contributed by atoms with Crippen molar-refractivity contribution in [1.82, 2.24) is 0 Å². The van der Waals surface area contributed by atoms with Crippen molar-refractivity contribution in [3.8, 4) is 11.5 Å². The molecule has 0 amide bonds. The number of carbonyl (C=O) groups excluding carboxylic acids is 1. The lowest BCUT2D eigenvalue weighted by Crippen LogP contribution is -2.14. The predicted molar refractivity (Wildman–Crippen MR) is 227 cm³/mol. The van der Waals surface area contributed by atoms with Crippen LogP contribution in [0, 0.1) is 0 Å². The summed E-state index contributed by atoms with van der Waals surface area (Å²) >= 11 is 0. The van der Waals surface area contributed by atoms with Gasteiger partial charge in [0.05, 0.1) is 24.0 Å². The number of carbonyl (C=O) groups is 1. The lowest BCUT2D eigenvalue weighted by atomic mass is 9.89. The van der Waals surface area contributed by atoms with Gasteiger partial charge in [0, 0.05) is 50.5 Å². The molecule has 9 rings (SSSR count). The summed E-state index contributed by atoms with van der Waals surface area (Å²) < 4.78 is 39.4. The van der Waals surface area contributed by atoms with E-state index >= 15 is 0 Å². The second kappa shape index (κ2) is 14.1. The minimum Gasteiger partial charge on any atom is -0.507 e. The highest BCUT2D eigenvalue weighted by molar-refractivity contribution is 7.86. The Morgan fingerprint density at radius 1 is 0.544 bits per heavy atom. The van der Waals surface area contributed by atoms with E-state index in [1.165, 1.54) is 7.11 Å². The summed E-state index contributed by atoms with van der Waals surface area (Å²) in [5, 5.41) is 16.3. The monoisotopic (exact) mass is 766 g/mol. The zero-order valence-corrected chi connectivity index (χ0v) is 31.4. The smallest absolute Gasteiger partial charge is 0.298 e. The molecule has 0 fully saturated rings. The number of hydrogen-bond donors (Lipinski definition) is 2. The van der Waals surface area contributed by atoms with Crippen LogP contribution in [0.5, 0.6) is 11.5 Å². The van der Waals surface area contributed by atoms with E-state index in [0.29, 0.717) is 0 Å². The number of rotatable bonds is 10. The van der Waals surface area contributed by atoms with Crippen molar-refractivity contribution in [1.29, 1.82) is 0 Å². The maximum absolute atomic E-state index is 14.1. The van der Waals surface area contributed by atoms with Crippen molar-refractivity contribution in [2.75, 3.05) is 16.9 Å². The molecule has 0 aliphatic carbocycles. The van der Waals surface area contributed by atoms with Crippen LogP contribution in [0.2, 0.25) is 0 Å². The molecule has 9 aromatic rings. The number of phenolic OH excluding ortho intramolecular Hbond substituents is 1. The lowest BCUT2D eigenvalue weighted by molar-refractivity contribution is 0.103. The highest BCUT2D eigenvalue weighted by atomic mass is 32.2. The normalized spacial score (nSPS) is 11.6. The van der Waals surface area contributed by atoms with Gasteiger partial charge in [0.15, 0.2) is 5.78 Å². The number of nitrogens with zero attached hydrogens (tertiary/aromatic N) is 2. The third kappa shape index (κ3) is 6.25. The van der Waals surface area contributed by atoms with E-state index in [0.717, 1.165) is 78.6 Å². The van der Waals surface area contributed by atoms with Crippen LogP contribution in [0.3, 0.4) is 0 Å². The molecule has 0 aliphatic rings. The van der Waals surface area contributed by atoms with Gasteiger partial charge in [-0.25, -0.2) is 0 Å². The number of phenols is 1. The third-order valence-electron chi connectivity index (χ3n) is 10.3. The first-order valence-corrected chi connectivity index (χ1v) is 19.6. The Labute approximate surface area is 329 Å². The van der Waals surface area contributed by atoms with Crippen molar-refractivity contribution >= 4 is 82.3 Å². The summed E-state index contributed by atoms with van der Waals surface area (Å²) in [5.41, 5.74) is 5.75. The minimum absolute atomic E-state index is 0.230. The summed E-state index contributed by atoms with van der Waals surface area (Å²) in [6.07, 6.45) is 0. The van der Waals surface area contributed by atoms with Crippen molar-refractivity contribution < 1.29 is 27.6 Å². The average Bonchev–Trinajstić information content (AvgIpc) is 3.24. The minimum atomic E-state index is -4.77. The second-order valence-corrected chi connectivity index (χ2v) is 15.0. The molecular weight excluding hydrogens is 733 g/mol. The van der Waals surface area contributed by atoms with Gasteiger partial charge < -0.3 is 19.6 Å². The molecule has 0 radical (unpaired) electrons. The standard InChI is InChI=1S/C48H34N2O6S/c1-56-44-30-43(51)40(28-45(44)57(53,54)55)48(52)33-26-31-22-24-38-41(49(34-14-6-2-7-15-34)35-16-8-3-9-17-35)29-42(39-25-23-32(27-33)46(31)47(38)39)50(36-18-10-4-11-19-36)37-20-12-5-13-21-37/h2-30,51H,1H3,(H,53,54,55). The lowest BCUT2D eigenvalue weighted by Gasteiger charge is -2.32. The van der Waals surface area contributed by atoms with Crippen LogP contribution in [0.15, 0.2) is 181 Å². The molecule has 0 spiro atoms. The predicted octanol–water partition coefficient (Wildman–Crippen LogP) is 11.7. The van der Waals surface area contributed by atoms with Crippen LogP contribution in [-0.4, -0.2) is 31.0 Å². The van der Waals surface area contributed by atoms with E-state index in [2.05, 4.69) is 76.5 Å². The highest BCUT2D eigenvalue weighted by Crippen LogP contribution is 2.50. The molecule has 0 heterocycles. The molecule has 2 N–H and O–H groups in total. The molecule has 8 nitrogen and oxygen atoms in total. The molecule has 0 aliphatic heterocycles. The fourth-order valence-electron chi connectivity index (χ4n) is 7.79. The van der Waals surface area contributed by atoms with Crippen molar-refractivity contribution in [2.45, 2.75) is 4.90 Å². The van der Waals surface area contributed by atoms with Crippen LogP contribution in [0.1, 0.15) is 15.9 Å². The van der Waals surface area contributed by atoms with Crippen molar-refractivity contribution in [2.24, 2.45) is 0 Å². The van der Waals surface area contributed by atoms with Gasteiger partial charge >= 0.3 is 0 Å². The zero-order valence-electron chi connectivity index (χ0n) is 30.6. The highest BCUT2D eigenvalue weighted by Gasteiger charge is 2.27. The molecule has 57 heavy (non-hydrogen) atoms. The largest absolute Gasteiger partial charge is 0.507 e. The number of para-hydroxylation sites is 4. The van der Waals surface area contributed by atoms with Gasteiger partial charge in [-0.15, -0.1) is 0 Å². The van der Waals surface area contributed by atoms with Crippen LogP contribution in [0.25, 0.3) is 32.3 Å². The quantitative estimate of drug-likeness (QED) is 0.0805. The Bertz CT molecular complexity index is 2820. The molecule has 278 valence electrons. The second-order valence-electron chi connectivity index (χ2n) is 13.7. The van der Waals surface area contributed by atoms with E-state index < -0.39 is 26.5 Å². The number of aromatic hydroxyl groups is 1. The van der Waals surface area contributed by atoms with E-state index in [-0.39, 0.29) is 16.9 Å². The first-order valence-electron chi connectivity index (χ1n) is 18.2. The number of benzene rings is 9. The number of anilines is 6. The molecule has 0 bridgehead atoms. The number of ketones is 1. The molecular formula is C48H34N2O6S. The Kier molecular flexibility index (Phi) is 8.81. The summed E-state index contributed by atoms with van der Waals surface area (Å²) in [6, 6.07) is 56.8. The molecule has 9 heteroatoms. The van der Waals surface area contributed by atoms with Crippen molar-refractivity contribution in [3.05, 3.63) is 187 Å². The fourth-order valence-corrected chi connectivity index (χ4v) is 8.45. The van der Waals surface area contributed by atoms with Crippen molar-refractivity contribution in [3.63, 3.8) is 0 Å². The van der Waals surface area contributed by atoms with Gasteiger partial charge in [0.2, 0.25) is 0 Å². The molecule has 0 unspecified atom stereocenters. The van der Waals surface area contributed by atoms with Gasteiger partial charge in [0.1, 0.15) is 16.4 Å². The number of hydrogen-bond acceptors (Lipinski definition) is 7. The Balaban J connectivity index is 1.35. The van der Waals surface area contributed by atoms with E-state index in [1.807, 2.05) is 84.9 Å². The summed E-state index contributed by atoms with van der Waals surface area (Å²) in [7, 11) is -3.57. The van der Waals surface area contributed by atoms with Crippen LogP contribution >= 0.6 is 0 Å². The zero-order chi connectivity index (χ0) is 39.3. The van der Waals surface area contributed by atoms with Crippen LogP contribution in [0.4, 0.5) is 34.1 Å². The van der Waals surface area contributed by atoms with Crippen LogP contribution in [-0.2, 0) is 10.1 Å². The summed E-state index contributed by atoms with van der Waals surface area (Å²) in [5.74, 6) is -1.38. The van der Waals surface area contributed by atoms with E-state index in [4.69, 9.17) is 4.74 Å². The van der Waals surface area contributed by atoms with Gasteiger partial charge in [-0.05, 0) is 89.0 Å². The van der Waals surface area contributed by atoms with Gasteiger partial charge in [-0.3, -0.25) is 9.35 Å². The Morgan fingerprint density at radius 2 is 0.965 bits per heavy atom. The Hall–Kier alpha value is -7.20. The maximum Gasteiger partial charge on any atom is 0.298 e. The first kappa shape index (κ1) is 35.5. The molecule has 0 atom stereocenters. The summed E-state index contributed by atoms with van der Waals surface area (Å²) in [6.45, 7) is 0. The van der Waals surface area contributed by atoms with Gasteiger partial charge in [-0.2, -0.15) is 8.42 Å². The molecule has 0 saturated carbocycles. The molecule has 0 saturated heterocycles. The number of methoxy groups -OCH3 is 1. The van der Waals surface area contributed by atoms with E-state index in [1.54, 1.807) is 12.1 Å². The fraction of sp³-hybridized carbons (Fsp3) is 0.0208. The van der Waals surface area contributed by atoms with Gasteiger partial charge in [0.25, 0.3) is 10.1 Å². The van der Waals surface area contributed by atoms with Gasteiger partial charge in [-0.1, -0.05) is 97.1 Å². The topological polar surface area (TPSA) is 107 Å².